The Kier molecular flexibility index (Phi) is 1.83. The predicted molar refractivity (Wildman–Crippen MR) is 47.3 cm³/mol. The van der Waals surface area contributed by atoms with Crippen LogP contribution in [0, 0.1) is 0 Å². The molecule has 1 fully saturated rings. The van der Waals surface area contributed by atoms with Crippen molar-refractivity contribution in [1.29, 1.82) is 0 Å². The quantitative estimate of drug-likeness (QED) is 0.572. The summed E-state index contributed by atoms with van der Waals surface area (Å²) in [6.07, 6.45) is 0. The molecule has 1 aliphatic rings. The summed E-state index contributed by atoms with van der Waals surface area (Å²) < 4.78 is 0. The molecule has 0 unspecified atom stereocenters. The minimum atomic E-state index is -0.329. The first-order valence-electron chi connectivity index (χ1n) is 4.12. The number of amides is 2. The maximum atomic E-state index is 11.4. The molecule has 1 rings (SSSR count). The van der Waals surface area contributed by atoms with Crippen LogP contribution in [0.4, 0.5) is 4.79 Å². The summed E-state index contributed by atoms with van der Waals surface area (Å²) in [7, 11) is 0. The molecule has 0 saturated carbocycles. The maximum absolute atomic E-state index is 11.4. The van der Waals surface area contributed by atoms with E-state index in [2.05, 4.69) is 10.7 Å². The van der Waals surface area contributed by atoms with Gasteiger partial charge < -0.3 is 5.32 Å². The highest BCUT2D eigenvalue weighted by Gasteiger charge is 2.39. The molecule has 0 bridgehead atoms. The molecule has 0 spiro atoms. The van der Waals surface area contributed by atoms with Gasteiger partial charge in [0.2, 0.25) is 0 Å². The minimum absolute atomic E-state index is 0.0625. The third kappa shape index (κ3) is 1.69. The lowest BCUT2D eigenvalue weighted by Crippen LogP contribution is -2.52. The third-order valence-corrected chi connectivity index (χ3v) is 1.68. The molecule has 12 heavy (non-hydrogen) atoms. The Bertz CT molecular complexity index is 205. The van der Waals surface area contributed by atoms with Crippen molar-refractivity contribution in [2.45, 2.75) is 45.8 Å². The average Bonchev–Trinajstić information content (AvgIpc) is 2.03. The second-order valence-corrected chi connectivity index (χ2v) is 4.67. The van der Waals surface area contributed by atoms with Crippen LogP contribution in [-0.4, -0.2) is 22.2 Å². The number of hydrazine groups is 1. The normalized spacial score (nSPS) is 22.8. The second kappa shape index (κ2) is 2.36. The summed E-state index contributed by atoms with van der Waals surface area (Å²) in [5, 5.41) is 4.44. The van der Waals surface area contributed by atoms with E-state index in [1.165, 1.54) is 0 Å². The molecule has 0 aromatic rings. The van der Waals surface area contributed by atoms with Crippen LogP contribution in [0.1, 0.15) is 34.6 Å². The van der Waals surface area contributed by atoms with Crippen molar-refractivity contribution in [3.05, 3.63) is 0 Å². The van der Waals surface area contributed by atoms with E-state index in [4.69, 9.17) is 0 Å². The number of nitrogens with zero attached hydrogens (tertiary/aromatic N) is 1. The highest BCUT2D eigenvalue weighted by molar-refractivity contribution is 5.77. The van der Waals surface area contributed by atoms with E-state index >= 15 is 0 Å². The fourth-order valence-electron chi connectivity index (χ4n) is 1.15. The zero-order chi connectivity index (χ0) is 9.57. The first kappa shape index (κ1) is 9.32. The van der Waals surface area contributed by atoms with Gasteiger partial charge in [0.1, 0.15) is 5.66 Å². The van der Waals surface area contributed by atoms with Crippen molar-refractivity contribution in [2.24, 2.45) is 0 Å². The Morgan fingerprint density at radius 1 is 1.33 bits per heavy atom. The van der Waals surface area contributed by atoms with Crippen LogP contribution in [0.3, 0.4) is 0 Å². The Morgan fingerprint density at radius 3 is 2.00 bits per heavy atom. The molecular formula is C8H17N3O. The van der Waals surface area contributed by atoms with E-state index < -0.39 is 0 Å². The molecular weight excluding hydrogens is 154 g/mol. The topological polar surface area (TPSA) is 44.4 Å². The molecule has 1 heterocycles. The highest BCUT2D eigenvalue weighted by atomic mass is 16.2. The molecule has 0 aromatic heterocycles. The monoisotopic (exact) mass is 171 g/mol. The molecule has 1 aliphatic heterocycles. The van der Waals surface area contributed by atoms with Crippen LogP contribution >= 0.6 is 0 Å². The van der Waals surface area contributed by atoms with Crippen LogP contribution in [0.25, 0.3) is 0 Å². The van der Waals surface area contributed by atoms with E-state index in [-0.39, 0.29) is 17.2 Å². The number of urea groups is 1. The van der Waals surface area contributed by atoms with Gasteiger partial charge in [-0.2, -0.15) is 0 Å². The lowest BCUT2D eigenvalue weighted by molar-refractivity contribution is 0.114. The van der Waals surface area contributed by atoms with Crippen molar-refractivity contribution in [3.8, 4) is 0 Å². The molecule has 4 heteroatoms. The largest absolute Gasteiger partial charge is 0.333 e. The Labute approximate surface area is 73.3 Å². The maximum Gasteiger partial charge on any atom is 0.333 e. The van der Waals surface area contributed by atoms with Crippen molar-refractivity contribution >= 4 is 6.03 Å². The molecule has 2 amide bonds. The Morgan fingerprint density at radius 2 is 1.83 bits per heavy atom. The first-order valence-corrected chi connectivity index (χ1v) is 4.12. The minimum Gasteiger partial charge on any atom is -0.318 e. The number of carbonyl (C=O) groups is 1. The third-order valence-electron chi connectivity index (χ3n) is 1.68. The van der Waals surface area contributed by atoms with E-state index in [0.29, 0.717) is 0 Å². The van der Waals surface area contributed by atoms with Gasteiger partial charge in [0, 0.05) is 0 Å². The van der Waals surface area contributed by atoms with E-state index in [9.17, 15) is 4.79 Å². The number of hydrogen-bond donors (Lipinski definition) is 2. The standard InChI is InChI=1S/C8H17N3O/c1-7(2,3)11-6(12)9-8(4,5)10-11/h10H,1-5H3,(H,9,12). The van der Waals surface area contributed by atoms with Crippen LogP contribution in [-0.2, 0) is 0 Å². The molecule has 1 saturated heterocycles. The van der Waals surface area contributed by atoms with E-state index in [0.717, 1.165) is 0 Å². The van der Waals surface area contributed by atoms with Gasteiger partial charge in [0.15, 0.2) is 0 Å². The summed E-state index contributed by atoms with van der Waals surface area (Å²) in [5.74, 6) is 0. The number of carbonyl (C=O) groups excluding carboxylic acids is 1. The SMILES string of the molecule is CC1(C)NC(=O)N(C(C)(C)C)N1. The zero-order valence-corrected chi connectivity index (χ0v) is 8.36. The Balaban J connectivity index is 2.78. The van der Waals surface area contributed by atoms with Crippen LogP contribution in [0.2, 0.25) is 0 Å². The summed E-state index contributed by atoms with van der Waals surface area (Å²) >= 11 is 0. The van der Waals surface area contributed by atoms with Crippen LogP contribution in [0.5, 0.6) is 0 Å². The van der Waals surface area contributed by atoms with E-state index in [1.807, 2.05) is 34.6 Å². The molecule has 0 radical (unpaired) electrons. The van der Waals surface area contributed by atoms with Crippen molar-refractivity contribution in [1.82, 2.24) is 15.8 Å². The highest BCUT2D eigenvalue weighted by Crippen LogP contribution is 2.18. The van der Waals surface area contributed by atoms with Gasteiger partial charge in [-0.15, -0.1) is 0 Å². The van der Waals surface area contributed by atoms with Gasteiger partial charge in [0.05, 0.1) is 5.54 Å². The lowest BCUT2D eigenvalue weighted by Gasteiger charge is -2.31. The zero-order valence-electron chi connectivity index (χ0n) is 8.36. The van der Waals surface area contributed by atoms with Gasteiger partial charge in [-0.25, -0.2) is 10.2 Å². The van der Waals surface area contributed by atoms with Crippen molar-refractivity contribution in [3.63, 3.8) is 0 Å². The van der Waals surface area contributed by atoms with Gasteiger partial charge in [-0.1, -0.05) is 0 Å². The fraction of sp³-hybridized carbons (Fsp3) is 0.875. The fourth-order valence-corrected chi connectivity index (χ4v) is 1.15. The summed E-state index contributed by atoms with van der Waals surface area (Å²) in [6, 6.07) is -0.0625. The smallest absolute Gasteiger partial charge is 0.318 e. The van der Waals surface area contributed by atoms with Gasteiger partial charge >= 0.3 is 6.03 Å². The molecule has 70 valence electrons. The summed E-state index contributed by atoms with van der Waals surface area (Å²) in [6.45, 7) is 9.82. The number of rotatable bonds is 0. The lowest BCUT2D eigenvalue weighted by atomic mass is 10.1. The van der Waals surface area contributed by atoms with Crippen molar-refractivity contribution < 1.29 is 4.79 Å². The van der Waals surface area contributed by atoms with Crippen LogP contribution in [0.15, 0.2) is 0 Å². The molecule has 2 N–H and O–H groups in total. The van der Waals surface area contributed by atoms with E-state index in [1.54, 1.807) is 5.01 Å². The first-order chi connectivity index (χ1) is 5.22. The molecule has 0 aliphatic carbocycles. The second-order valence-electron chi connectivity index (χ2n) is 4.67. The van der Waals surface area contributed by atoms with Crippen LogP contribution < -0.4 is 10.7 Å². The predicted octanol–water partition coefficient (Wildman–Crippen LogP) is 1.05. The number of nitrogens with one attached hydrogen (secondary N) is 2. The Hall–Kier alpha value is -0.770. The summed E-state index contributed by atoms with van der Waals surface area (Å²) in [5.41, 5.74) is 2.58. The van der Waals surface area contributed by atoms with Gasteiger partial charge in [0.25, 0.3) is 0 Å². The molecule has 4 nitrogen and oxygen atoms in total. The molecule has 0 aromatic carbocycles. The molecule has 0 atom stereocenters. The van der Waals surface area contributed by atoms with Gasteiger partial charge in [-0.3, -0.25) is 5.01 Å². The number of hydrogen-bond acceptors (Lipinski definition) is 2. The van der Waals surface area contributed by atoms with Gasteiger partial charge in [-0.05, 0) is 34.6 Å². The van der Waals surface area contributed by atoms with Crippen molar-refractivity contribution in [2.75, 3.05) is 0 Å². The summed E-state index contributed by atoms with van der Waals surface area (Å²) in [4.78, 5) is 11.4. The average molecular weight is 171 g/mol.